The first-order chi connectivity index (χ1) is 9.06. The summed E-state index contributed by atoms with van der Waals surface area (Å²) in [6, 6.07) is 3.20. The first-order valence-electron chi connectivity index (χ1n) is 6.93. The summed E-state index contributed by atoms with van der Waals surface area (Å²) in [4.78, 5) is 2.26. The molecule has 19 heavy (non-hydrogen) atoms. The van der Waals surface area contributed by atoms with E-state index in [1.807, 2.05) is 0 Å². The zero-order chi connectivity index (χ0) is 14.3. The van der Waals surface area contributed by atoms with Crippen molar-refractivity contribution in [3.8, 4) is 0 Å². The lowest BCUT2D eigenvalue weighted by Crippen LogP contribution is -2.27. The molecule has 1 rings (SSSR count). The molecule has 0 saturated carbocycles. The molecule has 0 bridgehead atoms. The fourth-order valence-corrected chi connectivity index (χ4v) is 2.21. The number of aliphatic hydroxyl groups excluding tert-OH is 1. The van der Waals surface area contributed by atoms with Crippen LogP contribution in [0.2, 0.25) is 0 Å². The van der Waals surface area contributed by atoms with Crippen molar-refractivity contribution in [1.82, 2.24) is 4.90 Å². The van der Waals surface area contributed by atoms with Gasteiger partial charge in [-0.1, -0.05) is 13.8 Å². The van der Waals surface area contributed by atoms with Crippen LogP contribution in [0.5, 0.6) is 0 Å². The molecule has 2 nitrogen and oxygen atoms in total. The molecule has 0 aliphatic rings. The van der Waals surface area contributed by atoms with E-state index >= 15 is 0 Å². The number of hydrogen-bond donors (Lipinski definition) is 1. The highest BCUT2D eigenvalue weighted by Crippen LogP contribution is 2.19. The number of nitrogens with zero attached hydrogens (tertiary/aromatic N) is 1. The molecule has 1 unspecified atom stereocenters. The van der Waals surface area contributed by atoms with Gasteiger partial charge in [-0.15, -0.1) is 0 Å². The summed E-state index contributed by atoms with van der Waals surface area (Å²) in [5.74, 6) is -1.29. The fraction of sp³-hybridized carbons (Fsp3) is 0.600. The molecule has 1 aromatic rings. The maximum atomic E-state index is 13.1. The predicted octanol–water partition coefficient (Wildman–Crippen LogP) is 3.51. The third-order valence-corrected chi connectivity index (χ3v) is 3.07. The van der Waals surface area contributed by atoms with Crippen LogP contribution in [0, 0.1) is 11.6 Å². The minimum absolute atomic E-state index is 0.311. The molecule has 4 heteroatoms. The molecule has 0 heterocycles. The molecule has 0 spiro atoms. The van der Waals surface area contributed by atoms with Gasteiger partial charge in [0.1, 0.15) is 11.6 Å². The number of aliphatic hydroxyl groups is 1. The highest BCUT2D eigenvalue weighted by Gasteiger charge is 2.12. The van der Waals surface area contributed by atoms with E-state index in [1.54, 1.807) is 0 Å². The van der Waals surface area contributed by atoms with Crippen LogP contribution < -0.4 is 0 Å². The van der Waals surface area contributed by atoms with Crippen LogP contribution in [-0.2, 0) is 0 Å². The van der Waals surface area contributed by atoms with Crippen LogP contribution in [0.25, 0.3) is 0 Å². The molecule has 0 aliphatic heterocycles. The van der Waals surface area contributed by atoms with E-state index in [2.05, 4.69) is 18.7 Å². The van der Waals surface area contributed by atoms with Gasteiger partial charge in [-0.2, -0.15) is 0 Å². The Morgan fingerprint density at radius 1 is 1.00 bits per heavy atom. The first-order valence-corrected chi connectivity index (χ1v) is 6.93. The van der Waals surface area contributed by atoms with Crippen LogP contribution in [-0.4, -0.2) is 29.6 Å². The Labute approximate surface area is 114 Å². The lowest BCUT2D eigenvalue weighted by atomic mass is 10.1. The molecule has 0 aromatic heterocycles. The van der Waals surface area contributed by atoms with E-state index in [0.29, 0.717) is 12.0 Å². The Hall–Kier alpha value is -1.00. The van der Waals surface area contributed by atoms with Gasteiger partial charge in [0.15, 0.2) is 0 Å². The average molecular weight is 271 g/mol. The molecule has 108 valence electrons. The minimum Gasteiger partial charge on any atom is -0.388 e. The maximum absolute atomic E-state index is 13.1. The summed E-state index contributed by atoms with van der Waals surface area (Å²) in [6.07, 6.45) is 1.79. The van der Waals surface area contributed by atoms with Crippen LogP contribution >= 0.6 is 0 Å². The molecule has 0 saturated heterocycles. The van der Waals surface area contributed by atoms with Crippen molar-refractivity contribution in [2.24, 2.45) is 0 Å². The van der Waals surface area contributed by atoms with Gasteiger partial charge >= 0.3 is 0 Å². The Morgan fingerprint density at radius 3 is 2.00 bits per heavy atom. The van der Waals surface area contributed by atoms with E-state index in [-0.39, 0.29) is 0 Å². The van der Waals surface area contributed by atoms with Gasteiger partial charge in [0.05, 0.1) is 6.10 Å². The van der Waals surface area contributed by atoms with E-state index < -0.39 is 17.7 Å². The first kappa shape index (κ1) is 16.1. The van der Waals surface area contributed by atoms with Crippen molar-refractivity contribution >= 4 is 0 Å². The van der Waals surface area contributed by atoms with Gasteiger partial charge in [0.25, 0.3) is 0 Å². The molecule has 0 radical (unpaired) electrons. The fourth-order valence-electron chi connectivity index (χ4n) is 2.21. The normalized spacial score (nSPS) is 12.9. The van der Waals surface area contributed by atoms with Crippen molar-refractivity contribution in [2.45, 2.75) is 39.2 Å². The smallest absolute Gasteiger partial charge is 0.126 e. The molecular formula is C15H23F2NO. The summed E-state index contributed by atoms with van der Waals surface area (Å²) in [5.41, 5.74) is 0.311. The zero-order valence-corrected chi connectivity index (χ0v) is 11.7. The average Bonchev–Trinajstić information content (AvgIpc) is 2.35. The van der Waals surface area contributed by atoms with Gasteiger partial charge in [0, 0.05) is 12.6 Å². The standard InChI is InChI=1S/C15H23F2NO/c1-3-6-18(7-4-2)8-5-15(19)12-9-13(16)11-14(17)10-12/h9-11,15,19H,3-8H2,1-2H3. The second-order valence-corrected chi connectivity index (χ2v) is 4.85. The monoisotopic (exact) mass is 271 g/mol. The van der Waals surface area contributed by atoms with E-state index in [0.717, 1.165) is 38.5 Å². The topological polar surface area (TPSA) is 23.5 Å². The lowest BCUT2D eigenvalue weighted by Gasteiger charge is -2.22. The van der Waals surface area contributed by atoms with Crippen LogP contribution in [0.1, 0.15) is 44.8 Å². The summed E-state index contributed by atoms with van der Waals surface area (Å²) >= 11 is 0. The van der Waals surface area contributed by atoms with Gasteiger partial charge in [-0.25, -0.2) is 8.78 Å². The van der Waals surface area contributed by atoms with Crippen LogP contribution in [0.15, 0.2) is 18.2 Å². The quantitative estimate of drug-likeness (QED) is 0.782. The second kappa shape index (κ2) is 8.23. The number of rotatable bonds is 8. The summed E-state index contributed by atoms with van der Waals surface area (Å²) in [7, 11) is 0. The van der Waals surface area contributed by atoms with Gasteiger partial charge < -0.3 is 10.0 Å². The van der Waals surface area contributed by atoms with E-state index in [9.17, 15) is 13.9 Å². The third-order valence-electron chi connectivity index (χ3n) is 3.07. The van der Waals surface area contributed by atoms with Gasteiger partial charge in [-0.3, -0.25) is 0 Å². The molecule has 0 fully saturated rings. The molecule has 0 amide bonds. The van der Waals surface area contributed by atoms with Crippen molar-refractivity contribution in [1.29, 1.82) is 0 Å². The number of hydrogen-bond acceptors (Lipinski definition) is 2. The molecule has 1 atom stereocenters. The van der Waals surface area contributed by atoms with Crippen LogP contribution in [0.4, 0.5) is 8.78 Å². The Balaban J connectivity index is 2.55. The molecule has 1 N–H and O–H groups in total. The Kier molecular flexibility index (Phi) is 6.95. The molecule has 1 aromatic carbocycles. The largest absolute Gasteiger partial charge is 0.388 e. The highest BCUT2D eigenvalue weighted by molar-refractivity contribution is 5.20. The highest BCUT2D eigenvalue weighted by atomic mass is 19.1. The molecular weight excluding hydrogens is 248 g/mol. The number of halogens is 2. The predicted molar refractivity (Wildman–Crippen MR) is 73.0 cm³/mol. The third kappa shape index (κ3) is 5.66. The lowest BCUT2D eigenvalue weighted by molar-refractivity contribution is 0.141. The Morgan fingerprint density at radius 2 is 1.53 bits per heavy atom. The molecule has 0 aliphatic carbocycles. The summed E-state index contributed by atoms with van der Waals surface area (Å²) < 4.78 is 26.1. The van der Waals surface area contributed by atoms with E-state index in [1.165, 1.54) is 12.1 Å². The summed E-state index contributed by atoms with van der Waals surface area (Å²) in [5, 5.41) is 9.99. The van der Waals surface area contributed by atoms with Crippen molar-refractivity contribution in [3.63, 3.8) is 0 Å². The van der Waals surface area contributed by atoms with E-state index in [4.69, 9.17) is 0 Å². The van der Waals surface area contributed by atoms with Gasteiger partial charge in [-0.05, 0) is 50.0 Å². The number of benzene rings is 1. The van der Waals surface area contributed by atoms with Crippen molar-refractivity contribution < 1.29 is 13.9 Å². The SMILES string of the molecule is CCCN(CCC)CCC(O)c1cc(F)cc(F)c1. The van der Waals surface area contributed by atoms with Crippen molar-refractivity contribution in [3.05, 3.63) is 35.4 Å². The minimum atomic E-state index is -0.818. The Bertz CT molecular complexity index is 358. The van der Waals surface area contributed by atoms with Gasteiger partial charge in [0.2, 0.25) is 0 Å². The van der Waals surface area contributed by atoms with Crippen LogP contribution in [0.3, 0.4) is 0 Å². The maximum Gasteiger partial charge on any atom is 0.126 e. The summed E-state index contributed by atoms with van der Waals surface area (Å²) in [6.45, 7) is 6.93. The zero-order valence-electron chi connectivity index (χ0n) is 11.7. The van der Waals surface area contributed by atoms with Crippen molar-refractivity contribution in [2.75, 3.05) is 19.6 Å². The second-order valence-electron chi connectivity index (χ2n) is 4.85.